The molecule has 0 heterocycles. The van der Waals surface area contributed by atoms with Crippen molar-refractivity contribution < 1.29 is 14.7 Å². The topological polar surface area (TPSA) is 92.4 Å². The normalized spacial score (nSPS) is 11.9. The van der Waals surface area contributed by atoms with Gasteiger partial charge in [0.15, 0.2) is 0 Å². The zero-order valence-corrected chi connectivity index (χ0v) is 8.23. The Hall–Kier alpha value is -1.88. The molecule has 1 aromatic carbocycles. The second kappa shape index (κ2) is 4.56. The molecule has 0 unspecified atom stereocenters. The summed E-state index contributed by atoms with van der Waals surface area (Å²) < 4.78 is 0. The van der Waals surface area contributed by atoms with Gasteiger partial charge < -0.3 is 10.8 Å². The van der Waals surface area contributed by atoms with Crippen molar-refractivity contribution in [3.8, 4) is 5.75 Å². The second-order valence-corrected chi connectivity index (χ2v) is 3.11. The Morgan fingerprint density at radius 1 is 1.33 bits per heavy atom. The Labute approximate surface area is 86.9 Å². The molecule has 0 fully saturated rings. The van der Waals surface area contributed by atoms with Crippen molar-refractivity contribution in [1.82, 2.24) is 5.32 Å². The molecule has 15 heavy (non-hydrogen) atoms. The predicted molar refractivity (Wildman–Crippen MR) is 53.9 cm³/mol. The van der Waals surface area contributed by atoms with E-state index in [4.69, 9.17) is 10.8 Å². The van der Waals surface area contributed by atoms with Crippen LogP contribution < -0.4 is 11.1 Å². The largest absolute Gasteiger partial charge is 0.508 e. The lowest BCUT2D eigenvalue weighted by Gasteiger charge is -2.10. The van der Waals surface area contributed by atoms with Crippen molar-refractivity contribution in [3.63, 3.8) is 0 Å². The second-order valence-electron chi connectivity index (χ2n) is 3.11. The van der Waals surface area contributed by atoms with E-state index in [1.807, 2.05) is 0 Å². The number of amides is 2. The van der Waals surface area contributed by atoms with E-state index in [0.717, 1.165) is 0 Å². The van der Waals surface area contributed by atoms with Gasteiger partial charge in [0.05, 0.1) is 0 Å². The monoisotopic (exact) mass is 208 g/mol. The van der Waals surface area contributed by atoms with Crippen LogP contribution in [0.2, 0.25) is 0 Å². The highest BCUT2D eigenvalue weighted by atomic mass is 16.3. The number of phenols is 1. The number of imide groups is 1. The molecule has 0 aliphatic heterocycles. The molecule has 1 atom stereocenters. The number of carbonyl (C=O) groups excluding carboxylic acids is 2. The van der Waals surface area contributed by atoms with E-state index < -0.39 is 17.9 Å². The number of nitrogens with one attached hydrogen (secondary N) is 1. The molecule has 0 radical (unpaired) electrons. The molecule has 1 rings (SSSR count). The minimum atomic E-state index is -0.908. The summed E-state index contributed by atoms with van der Waals surface area (Å²) in [5, 5.41) is 11.1. The predicted octanol–water partition coefficient (Wildman–Crippen LogP) is 0.0547. The highest BCUT2D eigenvalue weighted by Crippen LogP contribution is 2.14. The molecule has 0 saturated heterocycles. The third-order valence-corrected chi connectivity index (χ3v) is 1.83. The summed E-state index contributed by atoms with van der Waals surface area (Å²) in [6.45, 7) is 1.24. The van der Waals surface area contributed by atoms with Crippen LogP contribution in [0.15, 0.2) is 24.3 Å². The molecule has 0 spiro atoms. The van der Waals surface area contributed by atoms with Gasteiger partial charge in [0, 0.05) is 6.92 Å². The summed E-state index contributed by atoms with van der Waals surface area (Å²) in [5.41, 5.74) is 6.12. The molecule has 80 valence electrons. The van der Waals surface area contributed by atoms with Gasteiger partial charge in [-0.3, -0.25) is 14.9 Å². The molecule has 4 N–H and O–H groups in total. The lowest BCUT2D eigenvalue weighted by atomic mass is 10.1. The number of benzene rings is 1. The van der Waals surface area contributed by atoms with Crippen LogP contribution in [0.1, 0.15) is 18.5 Å². The fourth-order valence-corrected chi connectivity index (χ4v) is 1.08. The van der Waals surface area contributed by atoms with Gasteiger partial charge in [-0.1, -0.05) is 12.1 Å². The number of phenolic OH excluding ortho intramolecular Hbond substituents is 1. The first kappa shape index (κ1) is 11.2. The Morgan fingerprint density at radius 2 is 1.87 bits per heavy atom. The molecule has 5 nitrogen and oxygen atoms in total. The average molecular weight is 208 g/mol. The Bertz CT molecular complexity index is 373. The summed E-state index contributed by atoms with van der Waals surface area (Å²) in [4.78, 5) is 21.9. The zero-order chi connectivity index (χ0) is 11.4. The van der Waals surface area contributed by atoms with E-state index in [0.29, 0.717) is 5.56 Å². The van der Waals surface area contributed by atoms with Gasteiger partial charge >= 0.3 is 0 Å². The van der Waals surface area contributed by atoms with Gasteiger partial charge in [-0.15, -0.1) is 0 Å². The van der Waals surface area contributed by atoms with Gasteiger partial charge in [0.1, 0.15) is 11.8 Å². The Balaban J connectivity index is 2.76. The molecule has 5 heteroatoms. The fraction of sp³-hybridized carbons (Fsp3) is 0.200. The van der Waals surface area contributed by atoms with Crippen LogP contribution >= 0.6 is 0 Å². The third-order valence-electron chi connectivity index (χ3n) is 1.83. The summed E-state index contributed by atoms with van der Waals surface area (Å²) in [7, 11) is 0. The van der Waals surface area contributed by atoms with Crippen molar-refractivity contribution in [3.05, 3.63) is 29.8 Å². The highest BCUT2D eigenvalue weighted by molar-refractivity contribution is 5.97. The van der Waals surface area contributed by atoms with E-state index in [9.17, 15) is 9.59 Å². The third kappa shape index (κ3) is 3.07. The first-order valence-corrected chi connectivity index (χ1v) is 4.36. The quantitative estimate of drug-likeness (QED) is 0.640. The molecule has 0 aromatic heterocycles. The SMILES string of the molecule is CC(=O)NC(=O)[C@H](N)c1ccc(O)cc1. The van der Waals surface area contributed by atoms with Crippen LogP contribution in [0.5, 0.6) is 5.75 Å². The first-order chi connectivity index (χ1) is 7.00. The molecular weight excluding hydrogens is 196 g/mol. The molecule has 0 aliphatic carbocycles. The first-order valence-electron chi connectivity index (χ1n) is 4.36. The fourth-order valence-electron chi connectivity index (χ4n) is 1.08. The number of carbonyl (C=O) groups is 2. The van der Waals surface area contributed by atoms with E-state index in [1.54, 1.807) is 0 Å². The van der Waals surface area contributed by atoms with Gasteiger partial charge in [-0.25, -0.2) is 0 Å². The summed E-state index contributed by atoms with van der Waals surface area (Å²) in [6, 6.07) is 5.00. The zero-order valence-electron chi connectivity index (χ0n) is 8.23. The van der Waals surface area contributed by atoms with Crippen molar-refractivity contribution >= 4 is 11.8 Å². The van der Waals surface area contributed by atoms with Crippen molar-refractivity contribution in [2.45, 2.75) is 13.0 Å². The van der Waals surface area contributed by atoms with Crippen LogP contribution in [0, 0.1) is 0 Å². The molecule has 0 aliphatic rings. The maximum atomic E-state index is 11.3. The van der Waals surface area contributed by atoms with Crippen LogP contribution in [-0.4, -0.2) is 16.9 Å². The standard InChI is InChI=1S/C10H12N2O3/c1-6(13)12-10(15)9(11)7-2-4-8(14)5-3-7/h2-5,9,14H,11H2,1H3,(H,12,13,15)/t9-/m1/s1. The van der Waals surface area contributed by atoms with Crippen molar-refractivity contribution in [2.75, 3.05) is 0 Å². The van der Waals surface area contributed by atoms with E-state index in [2.05, 4.69) is 5.32 Å². The lowest BCUT2D eigenvalue weighted by molar-refractivity contribution is -0.130. The van der Waals surface area contributed by atoms with Gasteiger partial charge in [-0.2, -0.15) is 0 Å². The Morgan fingerprint density at radius 3 is 2.33 bits per heavy atom. The molecule has 2 amide bonds. The van der Waals surface area contributed by atoms with Gasteiger partial charge in [0.2, 0.25) is 11.8 Å². The van der Waals surface area contributed by atoms with Crippen LogP contribution in [0.4, 0.5) is 0 Å². The highest BCUT2D eigenvalue weighted by Gasteiger charge is 2.16. The number of nitrogens with two attached hydrogens (primary N) is 1. The molecule has 0 saturated carbocycles. The molecule has 1 aromatic rings. The summed E-state index contributed by atoms with van der Waals surface area (Å²) in [5.74, 6) is -0.916. The van der Waals surface area contributed by atoms with E-state index >= 15 is 0 Å². The molecule has 0 bridgehead atoms. The number of hydrogen-bond donors (Lipinski definition) is 3. The number of rotatable bonds is 2. The van der Waals surface area contributed by atoms with Crippen LogP contribution in [-0.2, 0) is 9.59 Å². The number of aromatic hydroxyl groups is 1. The molecular formula is C10H12N2O3. The maximum Gasteiger partial charge on any atom is 0.248 e. The lowest BCUT2D eigenvalue weighted by Crippen LogP contribution is -2.36. The van der Waals surface area contributed by atoms with Crippen molar-refractivity contribution in [1.29, 1.82) is 0 Å². The average Bonchev–Trinajstić information content (AvgIpc) is 2.17. The van der Waals surface area contributed by atoms with E-state index in [1.165, 1.54) is 31.2 Å². The minimum Gasteiger partial charge on any atom is -0.508 e. The number of hydrogen-bond acceptors (Lipinski definition) is 4. The van der Waals surface area contributed by atoms with Crippen molar-refractivity contribution in [2.24, 2.45) is 5.73 Å². The van der Waals surface area contributed by atoms with Crippen LogP contribution in [0.3, 0.4) is 0 Å². The van der Waals surface area contributed by atoms with Gasteiger partial charge in [-0.05, 0) is 17.7 Å². The maximum absolute atomic E-state index is 11.3. The summed E-state index contributed by atoms with van der Waals surface area (Å²) in [6.07, 6.45) is 0. The minimum absolute atomic E-state index is 0.0953. The Kier molecular flexibility index (Phi) is 3.41. The van der Waals surface area contributed by atoms with Gasteiger partial charge in [0.25, 0.3) is 0 Å². The summed E-state index contributed by atoms with van der Waals surface area (Å²) >= 11 is 0. The van der Waals surface area contributed by atoms with Crippen LogP contribution in [0.25, 0.3) is 0 Å². The smallest absolute Gasteiger partial charge is 0.248 e. The van der Waals surface area contributed by atoms with E-state index in [-0.39, 0.29) is 5.75 Å².